The van der Waals surface area contributed by atoms with Crippen molar-refractivity contribution < 1.29 is 4.92 Å². The Balaban J connectivity index is 1.88. The first kappa shape index (κ1) is 14.5. The van der Waals surface area contributed by atoms with Gasteiger partial charge in [0.25, 0.3) is 5.69 Å². The largest absolute Gasteiger partial charge is 0.312 e. The zero-order valence-corrected chi connectivity index (χ0v) is 12.7. The van der Waals surface area contributed by atoms with Gasteiger partial charge >= 0.3 is 0 Å². The van der Waals surface area contributed by atoms with Crippen molar-refractivity contribution in [1.29, 1.82) is 0 Å². The van der Waals surface area contributed by atoms with Gasteiger partial charge in [-0.3, -0.25) is 10.1 Å². The van der Waals surface area contributed by atoms with E-state index in [0.717, 1.165) is 23.1 Å². The van der Waals surface area contributed by atoms with Gasteiger partial charge in [0, 0.05) is 29.7 Å². The number of nitrogens with one attached hydrogen (secondary N) is 1. The molecule has 1 aromatic carbocycles. The van der Waals surface area contributed by atoms with Gasteiger partial charge in [-0.1, -0.05) is 29.3 Å². The van der Waals surface area contributed by atoms with Crippen LogP contribution in [0, 0.1) is 15.5 Å². The summed E-state index contributed by atoms with van der Waals surface area (Å²) in [6.07, 6.45) is 5.19. The van der Waals surface area contributed by atoms with Crippen LogP contribution in [0.5, 0.6) is 0 Å². The SMILES string of the molecule is CCCC1(CNCc2ccc([N+](=O)[O-])cc2Br)CC1. The van der Waals surface area contributed by atoms with Crippen molar-refractivity contribution in [3.05, 3.63) is 38.3 Å². The van der Waals surface area contributed by atoms with E-state index in [0.29, 0.717) is 5.41 Å². The molecule has 0 bridgehead atoms. The number of nitrogens with zero attached hydrogens (tertiary/aromatic N) is 1. The molecule has 104 valence electrons. The van der Waals surface area contributed by atoms with Gasteiger partial charge in [-0.25, -0.2) is 0 Å². The van der Waals surface area contributed by atoms with Crippen molar-refractivity contribution in [3.8, 4) is 0 Å². The molecule has 0 heterocycles. The van der Waals surface area contributed by atoms with E-state index in [9.17, 15) is 10.1 Å². The van der Waals surface area contributed by atoms with Gasteiger partial charge in [0.05, 0.1) is 4.92 Å². The predicted octanol–water partition coefficient (Wildman–Crippen LogP) is 4.03. The number of nitro benzene ring substituents is 1. The first-order chi connectivity index (χ1) is 9.06. The summed E-state index contributed by atoms with van der Waals surface area (Å²) in [6.45, 7) is 4.03. The van der Waals surface area contributed by atoms with Crippen LogP contribution >= 0.6 is 15.9 Å². The van der Waals surface area contributed by atoms with Gasteiger partial charge in [-0.05, 0) is 36.3 Å². The molecule has 4 nitrogen and oxygen atoms in total. The van der Waals surface area contributed by atoms with Crippen molar-refractivity contribution in [3.63, 3.8) is 0 Å². The van der Waals surface area contributed by atoms with Crippen LogP contribution in [-0.2, 0) is 6.54 Å². The minimum Gasteiger partial charge on any atom is -0.312 e. The van der Waals surface area contributed by atoms with Crippen LogP contribution in [0.15, 0.2) is 22.7 Å². The van der Waals surface area contributed by atoms with Crippen molar-refractivity contribution in [2.24, 2.45) is 5.41 Å². The van der Waals surface area contributed by atoms with Gasteiger partial charge < -0.3 is 5.32 Å². The third kappa shape index (κ3) is 3.76. The Kier molecular flexibility index (Phi) is 4.58. The lowest BCUT2D eigenvalue weighted by Gasteiger charge is -2.15. The average molecular weight is 327 g/mol. The second-order valence-corrected chi connectivity index (χ2v) is 6.24. The second kappa shape index (κ2) is 6.01. The van der Waals surface area contributed by atoms with Crippen LogP contribution in [0.1, 0.15) is 38.2 Å². The molecule has 1 N–H and O–H groups in total. The van der Waals surface area contributed by atoms with Gasteiger partial charge in [-0.2, -0.15) is 0 Å². The highest BCUT2D eigenvalue weighted by atomic mass is 79.9. The smallest absolute Gasteiger partial charge is 0.270 e. The molecule has 1 aliphatic rings. The number of benzene rings is 1. The van der Waals surface area contributed by atoms with Crippen LogP contribution in [0.3, 0.4) is 0 Å². The Morgan fingerprint density at radius 1 is 1.47 bits per heavy atom. The fraction of sp³-hybridized carbons (Fsp3) is 0.571. The Morgan fingerprint density at radius 2 is 2.21 bits per heavy atom. The minimum absolute atomic E-state index is 0.125. The molecule has 2 rings (SSSR count). The van der Waals surface area contributed by atoms with Gasteiger partial charge in [-0.15, -0.1) is 0 Å². The van der Waals surface area contributed by atoms with Gasteiger partial charge in [0.15, 0.2) is 0 Å². The maximum Gasteiger partial charge on any atom is 0.270 e. The predicted molar refractivity (Wildman–Crippen MR) is 79.1 cm³/mol. The van der Waals surface area contributed by atoms with Gasteiger partial charge in [0.1, 0.15) is 0 Å². The minimum atomic E-state index is -0.373. The summed E-state index contributed by atoms with van der Waals surface area (Å²) in [5.74, 6) is 0. The Hall–Kier alpha value is -0.940. The van der Waals surface area contributed by atoms with Crippen LogP contribution in [0.2, 0.25) is 0 Å². The molecule has 0 amide bonds. The highest BCUT2D eigenvalue weighted by molar-refractivity contribution is 9.10. The fourth-order valence-corrected chi connectivity index (χ4v) is 2.98. The molecular formula is C14H19BrN2O2. The molecule has 0 unspecified atom stereocenters. The van der Waals surface area contributed by atoms with E-state index in [-0.39, 0.29) is 10.6 Å². The number of hydrogen-bond donors (Lipinski definition) is 1. The lowest BCUT2D eigenvalue weighted by Crippen LogP contribution is -2.23. The first-order valence-corrected chi connectivity index (χ1v) is 7.49. The fourth-order valence-electron chi connectivity index (χ4n) is 2.48. The van der Waals surface area contributed by atoms with E-state index < -0.39 is 0 Å². The summed E-state index contributed by atoms with van der Waals surface area (Å²) in [4.78, 5) is 10.3. The Labute approximate surface area is 121 Å². The third-order valence-corrected chi connectivity index (χ3v) is 4.54. The molecular weight excluding hydrogens is 308 g/mol. The maximum absolute atomic E-state index is 10.7. The average Bonchev–Trinajstić information content (AvgIpc) is 3.11. The summed E-state index contributed by atoms with van der Waals surface area (Å²) in [7, 11) is 0. The number of rotatable bonds is 7. The molecule has 1 fully saturated rings. The molecule has 1 saturated carbocycles. The highest BCUT2D eigenvalue weighted by Gasteiger charge is 2.40. The number of non-ortho nitro benzene ring substituents is 1. The molecule has 0 aromatic heterocycles. The number of halogens is 1. The van der Waals surface area contributed by atoms with Crippen molar-refractivity contribution in [2.75, 3.05) is 6.54 Å². The molecule has 0 radical (unpaired) electrons. The molecule has 0 saturated heterocycles. The molecule has 5 heteroatoms. The van der Waals surface area contributed by atoms with Crippen molar-refractivity contribution in [2.45, 2.75) is 39.2 Å². The van der Waals surface area contributed by atoms with Crippen molar-refractivity contribution >= 4 is 21.6 Å². The van der Waals surface area contributed by atoms with Crippen LogP contribution < -0.4 is 5.32 Å². The van der Waals surface area contributed by atoms with E-state index in [2.05, 4.69) is 28.2 Å². The van der Waals surface area contributed by atoms with Crippen LogP contribution in [-0.4, -0.2) is 11.5 Å². The standard InChI is InChI=1S/C14H19BrN2O2/c1-2-5-14(6-7-14)10-16-9-11-3-4-12(17(18)19)8-13(11)15/h3-4,8,16H,2,5-7,9-10H2,1H3. The third-order valence-electron chi connectivity index (χ3n) is 3.80. The second-order valence-electron chi connectivity index (χ2n) is 5.39. The molecule has 0 spiro atoms. The normalized spacial score (nSPS) is 16.3. The van der Waals surface area contributed by atoms with Gasteiger partial charge in [0.2, 0.25) is 0 Å². The quantitative estimate of drug-likeness (QED) is 0.608. The maximum atomic E-state index is 10.7. The summed E-state index contributed by atoms with van der Waals surface area (Å²) >= 11 is 3.40. The highest BCUT2D eigenvalue weighted by Crippen LogP contribution is 2.48. The zero-order valence-electron chi connectivity index (χ0n) is 11.1. The lowest BCUT2D eigenvalue weighted by molar-refractivity contribution is -0.384. The number of nitro groups is 1. The topological polar surface area (TPSA) is 55.2 Å². The first-order valence-electron chi connectivity index (χ1n) is 6.70. The molecule has 1 aromatic rings. The summed E-state index contributed by atoms with van der Waals surface area (Å²) in [5.41, 5.74) is 1.72. The van der Waals surface area contributed by atoms with Crippen LogP contribution in [0.25, 0.3) is 0 Å². The summed E-state index contributed by atoms with van der Waals surface area (Å²) in [5, 5.41) is 14.1. The van der Waals surface area contributed by atoms with Crippen LogP contribution in [0.4, 0.5) is 5.69 Å². The van der Waals surface area contributed by atoms with E-state index in [4.69, 9.17) is 0 Å². The van der Waals surface area contributed by atoms with E-state index >= 15 is 0 Å². The molecule has 1 aliphatic carbocycles. The van der Waals surface area contributed by atoms with E-state index in [1.807, 2.05) is 6.07 Å². The Morgan fingerprint density at radius 3 is 2.74 bits per heavy atom. The molecule has 19 heavy (non-hydrogen) atoms. The number of hydrogen-bond acceptors (Lipinski definition) is 3. The zero-order chi connectivity index (χ0) is 13.9. The van der Waals surface area contributed by atoms with E-state index in [1.54, 1.807) is 12.1 Å². The van der Waals surface area contributed by atoms with Crippen molar-refractivity contribution in [1.82, 2.24) is 5.32 Å². The monoisotopic (exact) mass is 326 g/mol. The lowest BCUT2D eigenvalue weighted by atomic mass is 10.0. The summed E-state index contributed by atoms with van der Waals surface area (Å²) in [6, 6.07) is 4.94. The molecule has 0 aliphatic heterocycles. The summed E-state index contributed by atoms with van der Waals surface area (Å²) < 4.78 is 0.800. The Bertz CT molecular complexity index is 473. The molecule has 0 atom stereocenters. The van der Waals surface area contributed by atoms with E-state index in [1.165, 1.54) is 25.7 Å².